The molecule has 0 aliphatic rings. The van der Waals surface area contributed by atoms with Crippen molar-refractivity contribution < 1.29 is 5.11 Å². The van der Waals surface area contributed by atoms with E-state index >= 15 is 0 Å². The van der Waals surface area contributed by atoms with E-state index in [1.165, 1.54) is 5.56 Å². The highest BCUT2D eigenvalue weighted by Gasteiger charge is 2.14. The molecule has 2 N–H and O–H groups in total. The van der Waals surface area contributed by atoms with Gasteiger partial charge in [0, 0.05) is 13.1 Å². The summed E-state index contributed by atoms with van der Waals surface area (Å²) >= 11 is 0. The second kappa shape index (κ2) is 7.93. The van der Waals surface area contributed by atoms with Gasteiger partial charge in [0.15, 0.2) is 0 Å². The minimum Gasteiger partial charge on any atom is -0.392 e. The molecule has 0 aromatic heterocycles. The molecule has 19 heavy (non-hydrogen) atoms. The molecule has 3 nitrogen and oxygen atoms in total. The van der Waals surface area contributed by atoms with Crippen LogP contribution in [0, 0.1) is 24.2 Å². The number of hydrogen-bond acceptors (Lipinski definition) is 3. The first-order valence-electron chi connectivity index (χ1n) is 7.00. The van der Waals surface area contributed by atoms with Crippen LogP contribution in [-0.2, 0) is 6.54 Å². The van der Waals surface area contributed by atoms with Crippen LogP contribution in [0.4, 0.5) is 0 Å². The maximum absolute atomic E-state index is 10.0. The largest absolute Gasteiger partial charge is 0.392 e. The minimum absolute atomic E-state index is 0.284. The SMILES string of the molecule is CCC(CC)C(O)CNCc1ccc(C#N)cc1C. The van der Waals surface area contributed by atoms with Crippen LogP contribution < -0.4 is 5.32 Å². The molecule has 0 spiro atoms. The summed E-state index contributed by atoms with van der Waals surface area (Å²) in [4.78, 5) is 0. The Hall–Kier alpha value is -1.37. The van der Waals surface area contributed by atoms with Crippen molar-refractivity contribution >= 4 is 0 Å². The van der Waals surface area contributed by atoms with E-state index in [2.05, 4.69) is 25.2 Å². The van der Waals surface area contributed by atoms with Crippen LogP contribution in [0.15, 0.2) is 18.2 Å². The third kappa shape index (κ3) is 4.66. The van der Waals surface area contributed by atoms with Gasteiger partial charge in [-0.25, -0.2) is 0 Å². The van der Waals surface area contributed by atoms with Crippen molar-refractivity contribution in [1.82, 2.24) is 5.32 Å². The highest BCUT2D eigenvalue weighted by molar-refractivity contribution is 5.37. The predicted molar refractivity (Wildman–Crippen MR) is 77.7 cm³/mol. The molecule has 0 bridgehead atoms. The standard InChI is InChI=1S/C16H24N2O/c1-4-14(5-2)16(19)11-18-10-15-7-6-13(9-17)8-12(15)3/h6-8,14,16,18-19H,4-5,10-11H2,1-3H3. The summed E-state index contributed by atoms with van der Waals surface area (Å²) in [5.74, 6) is 0.370. The Morgan fingerprint density at radius 2 is 2.00 bits per heavy atom. The molecular formula is C16H24N2O. The maximum atomic E-state index is 10.0. The molecule has 1 rings (SSSR count). The number of hydrogen-bond donors (Lipinski definition) is 2. The minimum atomic E-state index is -0.284. The summed E-state index contributed by atoms with van der Waals surface area (Å²) in [5, 5.41) is 22.1. The van der Waals surface area contributed by atoms with Crippen molar-refractivity contribution in [3.05, 3.63) is 34.9 Å². The molecule has 0 fully saturated rings. The third-order valence-electron chi connectivity index (χ3n) is 3.73. The number of nitriles is 1. The van der Waals surface area contributed by atoms with Crippen LogP contribution in [0.1, 0.15) is 43.4 Å². The van der Waals surface area contributed by atoms with Gasteiger partial charge in [-0.1, -0.05) is 32.8 Å². The molecular weight excluding hydrogens is 236 g/mol. The Morgan fingerprint density at radius 1 is 1.32 bits per heavy atom. The molecule has 104 valence electrons. The van der Waals surface area contributed by atoms with Crippen molar-refractivity contribution in [2.75, 3.05) is 6.54 Å². The molecule has 0 aliphatic heterocycles. The monoisotopic (exact) mass is 260 g/mol. The molecule has 0 amide bonds. The number of rotatable bonds is 7. The van der Waals surface area contributed by atoms with Gasteiger partial charge in [0.1, 0.15) is 0 Å². The van der Waals surface area contributed by atoms with E-state index in [-0.39, 0.29) is 6.10 Å². The zero-order valence-corrected chi connectivity index (χ0v) is 12.1. The number of aliphatic hydroxyl groups is 1. The second-order valence-corrected chi connectivity index (χ2v) is 5.03. The van der Waals surface area contributed by atoms with Crippen molar-refractivity contribution in [2.24, 2.45) is 5.92 Å². The molecule has 1 unspecified atom stereocenters. The molecule has 0 heterocycles. The molecule has 0 saturated heterocycles. The third-order valence-corrected chi connectivity index (χ3v) is 3.73. The molecule has 3 heteroatoms. The normalized spacial score (nSPS) is 12.4. The summed E-state index contributed by atoms with van der Waals surface area (Å²) in [7, 11) is 0. The van der Waals surface area contributed by atoms with Crippen LogP contribution in [-0.4, -0.2) is 17.8 Å². The fourth-order valence-electron chi connectivity index (χ4n) is 2.32. The fraction of sp³-hybridized carbons (Fsp3) is 0.562. The van der Waals surface area contributed by atoms with Crippen LogP contribution in [0.3, 0.4) is 0 Å². The van der Waals surface area contributed by atoms with Crippen molar-refractivity contribution in [2.45, 2.75) is 46.3 Å². The van der Waals surface area contributed by atoms with E-state index in [1.807, 2.05) is 25.1 Å². The Bertz CT molecular complexity index is 433. The van der Waals surface area contributed by atoms with E-state index in [0.29, 0.717) is 18.0 Å². The van der Waals surface area contributed by atoms with Crippen LogP contribution >= 0.6 is 0 Å². The quantitative estimate of drug-likeness (QED) is 0.792. The van der Waals surface area contributed by atoms with E-state index in [4.69, 9.17) is 5.26 Å². The van der Waals surface area contributed by atoms with E-state index < -0.39 is 0 Å². The first kappa shape index (κ1) is 15.7. The molecule has 1 aromatic rings. The summed E-state index contributed by atoms with van der Waals surface area (Å²) < 4.78 is 0. The van der Waals surface area contributed by atoms with Gasteiger partial charge in [-0.2, -0.15) is 5.26 Å². The lowest BCUT2D eigenvalue weighted by Crippen LogP contribution is -2.32. The molecule has 0 radical (unpaired) electrons. The zero-order valence-electron chi connectivity index (χ0n) is 12.1. The maximum Gasteiger partial charge on any atom is 0.0991 e. The smallest absolute Gasteiger partial charge is 0.0991 e. The Labute approximate surface area is 116 Å². The Balaban J connectivity index is 2.47. The zero-order chi connectivity index (χ0) is 14.3. The average molecular weight is 260 g/mol. The highest BCUT2D eigenvalue weighted by atomic mass is 16.3. The molecule has 0 aliphatic carbocycles. The molecule has 1 atom stereocenters. The lowest BCUT2D eigenvalue weighted by atomic mass is 9.96. The number of aliphatic hydroxyl groups excluding tert-OH is 1. The van der Waals surface area contributed by atoms with Gasteiger partial charge in [-0.3, -0.25) is 0 Å². The topological polar surface area (TPSA) is 56.0 Å². The summed E-state index contributed by atoms with van der Waals surface area (Å²) in [6, 6.07) is 7.85. The van der Waals surface area contributed by atoms with Gasteiger partial charge in [0.05, 0.1) is 17.7 Å². The average Bonchev–Trinajstić information content (AvgIpc) is 2.42. The van der Waals surface area contributed by atoms with Crippen molar-refractivity contribution in [3.8, 4) is 6.07 Å². The highest BCUT2D eigenvalue weighted by Crippen LogP contribution is 2.13. The van der Waals surface area contributed by atoms with Gasteiger partial charge in [-0.15, -0.1) is 0 Å². The van der Waals surface area contributed by atoms with Gasteiger partial charge >= 0.3 is 0 Å². The number of aryl methyl sites for hydroxylation is 1. The van der Waals surface area contributed by atoms with Gasteiger partial charge in [0.2, 0.25) is 0 Å². The number of nitrogens with zero attached hydrogens (tertiary/aromatic N) is 1. The van der Waals surface area contributed by atoms with Crippen LogP contribution in [0.25, 0.3) is 0 Å². The first-order chi connectivity index (χ1) is 9.12. The van der Waals surface area contributed by atoms with E-state index in [1.54, 1.807) is 0 Å². The summed E-state index contributed by atoms with van der Waals surface area (Å²) in [5.41, 5.74) is 2.98. The number of nitrogens with one attached hydrogen (secondary N) is 1. The molecule has 0 saturated carbocycles. The van der Waals surface area contributed by atoms with Crippen LogP contribution in [0.2, 0.25) is 0 Å². The first-order valence-corrected chi connectivity index (χ1v) is 7.00. The van der Waals surface area contributed by atoms with E-state index in [0.717, 1.165) is 24.9 Å². The Morgan fingerprint density at radius 3 is 2.53 bits per heavy atom. The van der Waals surface area contributed by atoms with Gasteiger partial charge < -0.3 is 10.4 Å². The summed E-state index contributed by atoms with van der Waals surface area (Å²) in [6.07, 6.45) is 1.73. The van der Waals surface area contributed by atoms with E-state index in [9.17, 15) is 5.11 Å². The van der Waals surface area contributed by atoms with Crippen molar-refractivity contribution in [1.29, 1.82) is 5.26 Å². The number of benzene rings is 1. The summed E-state index contributed by atoms with van der Waals surface area (Å²) in [6.45, 7) is 7.58. The lowest BCUT2D eigenvalue weighted by Gasteiger charge is -2.20. The van der Waals surface area contributed by atoms with Crippen LogP contribution in [0.5, 0.6) is 0 Å². The molecule has 1 aromatic carbocycles. The van der Waals surface area contributed by atoms with Crippen molar-refractivity contribution in [3.63, 3.8) is 0 Å². The Kier molecular flexibility index (Phi) is 6.55. The van der Waals surface area contributed by atoms with Gasteiger partial charge in [0.25, 0.3) is 0 Å². The lowest BCUT2D eigenvalue weighted by molar-refractivity contribution is 0.101. The fourth-order valence-corrected chi connectivity index (χ4v) is 2.32. The predicted octanol–water partition coefficient (Wildman–Crippen LogP) is 2.75. The second-order valence-electron chi connectivity index (χ2n) is 5.03. The van der Waals surface area contributed by atoms with Gasteiger partial charge in [-0.05, 0) is 36.1 Å².